The maximum atomic E-state index is 12.2. The lowest BCUT2D eigenvalue weighted by Crippen LogP contribution is -2.45. The van der Waals surface area contributed by atoms with Crippen LogP contribution in [0.3, 0.4) is 0 Å². The number of urea groups is 1. The quantitative estimate of drug-likeness (QED) is 0.787. The summed E-state index contributed by atoms with van der Waals surface area (Å²) in [6, 6.07) is 8.94. The second-order valence-corrected chi connectivity index (χ2v) is 5.44. The topological polar surface area (TPSA) is 87.7 Å². The average Bonchev–Trinajstić information content (AvgIpc) is 2.92. The van der Waals surface area contributed by atoms with Gasteiger partial charge >= 0.3 is 12.0 Å². The van der Waals surface area contributed by atoms with Gasteiger partial charge in [0, 0.05) is 13.0 Å². The minimum absolute atomic E-state index is 0.000351. The number of rotatable bonds is 5. The zero-order valence-corrected chi connectivity index (χ0v) is 13.2. The molecular weight excluding hydrogens is 298 g/mol. The second-order valence-electron chi connectivity index (χ2n) is 5.44. The van der Waals surface area contributed by atoms with Gasteiger partial charge in [0.2, 0.25) is 5.91 Å². The van der Waals surface area contributed by atoms with Gasteiger partial charge in [-0.15, -0.1) is 0 Å². The molecule has 1 aliphatic heterocycles. The van der Waals surface area contributed by atoms with Crippen molar-refractivity contribution >= 4 is 17.9 Å². The number of nitrogens with one attached hydrogen (secondary N) is 2. The molecule has 3 amide bonds. The van der Waals surface area contributed by atoms with Crippen LogP contribution in [0, 0.1) is 0 Å². The summed E-state index contributed by atoms with van der Waals surface area (Å²) < 4.78 is 4.44. The van der Waals surface area contributed by atoms with Crippen molar-refractivity contribution in [1.82, 2.24) is 15.5 Å². The van der Waals surface area contributed by atoms with Gasteiger partial charge < -0.3 is 20.3 Å². The van der Waals surface area contributed by atoms with Gasteiger partial charge in [0.15, 0.2) is 0 Å². The first kappa shape index (κ1) is 16.8. The van der Waals surface area contributed by atoms with Gasteiger partial charge in [-0.2, -0.15) is 0 Å². The number of likely N-dealkylation sites (tertiary alicyclic amines) is 1. The van der Waals surface area contributed by atoms with E-state index >= 15 is 0 Å². The van der Waals surface area contributed by atoms with E-state index in [4.69, 9.17) is 0 Å². The predicted molar refractivity (Wildman–Crippen MR) is 83.5 cm³/mol. The molecule has 0 radical (unpaired) electrons. The molecule has 1 aromatic carbocycles. The first-order chi connectivity index (χ1) is 11.0. The summed E-state index contributed by atoms with van der Waals surface area (Å²) in [5, 5.41) is 5.10. The van der Waals surface area contributed by atoms with Crippen LogP contribution in [0.1, 0.15) is 24.9 Å². The fourth-order valence-electron chi connectivity index (χ4n) is 2.58. The van der Waals surface area contributed by atoms with E-state index in [2.05, 4.69) is 15.4 Å². The van der Waals surface area contributed by atoms with Gasteiger partial charge in [0.05, 0.1) is 19.2 Å². The number of carbonyl (C=O) groups excluding carboxylic acids is 3. The Morgan fingerprint density at radius 1 is 1.35 bits per heavy atom. The molecule has 7 nitrogen and oxygen atoms in total. The van der Waals surface area contributed by atoms with E-state index in [1.807, 2.05) is 37.3 Å². The van der Waals surface area contributed by atoms with Gasteiger partial charge in [-0.25, -0.2) is 4.79 Å². The van der Waals surface area contributed by atoms with Gasteiger partial charge in [-0.05, 0) is 12.5 Å². The highest BCUT2D eigenvalue weighted by Gasteiger charge is 2.33. The Kier molecular flexibility index (Phi) is 5.56. The molecule has 2 N–H and O–H groups in total. The summed E-state index contributed by atoms with van der Waals surface area (Å²) >= 11 is 0. The molecule has 1 saturated heterocycles. The standard InChI is InChI=1S/C16H21N3O4/c1-11(12-6-4-3-5-7-12)19-10-13(8-14(19)20)18-16(22)17-9-15(21)23-2/h3-7,11,13H,8-10H2,1-2H3,(H2,17,18,22). The first-order valence-electron chi connectivity index (χ1n) is 7.47. The number of nitrogens with zero attached hydrogens (tertiary/aromatic N) is 1. The van der Waals surface area contributed by atoms with Crippen LogP contribution in [0.5, 0.6) is 0 Å². The van der Waals surface area contributed by atoms with E-state index in [9.17, 15) is 14.4 Å². The Hall–Kier alpha value is -2.57. The van der Waals surface area contributed by atoms with Gasteiger partial charge in [-0.1, -0.05) is 30.3 Å². The third kappa shape index (κ3) is 4.45. The molecule has 1 heterocycles. The summed E-state index contributed by atoms with van der Waals surface area (Å²) in [4.78, 5) is 36.6. The highest BCUT2D eigenvalue weighted by Crippen LogP contribution is 2.25. The third-order valence-corrected chi connectivity index (χ3v) is 3.86. The largest absolute Gasteiger partial charge is 0.468 e. The van der Waals surface area contributed by atoms with Crippen molar-refractivity contribution in [3.05, 3.63) is 35.9 Å². The Balaban J connectivity index is 1.87. The van der Waals surface area contributed by atoms with Gasteiger partial charge in [-0.3, -0.25) is 9.59 Å². The van der Waals surface area contributed by atoms with Crippen molar-refractivity contribution in [2.45, 2.75) is 25.4 Å². The molecule has 124 valence electrons. The minimum Gasteiger partial charge on any atom is -0.468 e. The lowest BCUT2D eigenvalue weighted by Gasteiger charge is -2.25. The fraction of sp³-hybridized carbons (Fsp3) is 0.438. The van der Waals surface area contributed by atoms with Crippen LogP contribution >= 0.6 is 0 Å². The Morgan fingerprint density at radius 2 is 2.04 bits per heavy atom. The Labute approximate surface area is 135 Å². The number of carbonyl (C=O) groups is 3. The minimum atomic E-state index is -0.526. The van der Waals surface area contributed by atoms with Crippen LogP contribution in [0.2, 0.25) is 0 Å². The van der Waals surface area contributed by atoms with Crippen LogP contribution in [-0.2, 0) is 14.3 Å². The van der Waals surface area contributed by atoms with Crippen molar-refractivity contribution in [3.8, 4) is 0 Å². The highest BCUT2D eigenvalue weighted by atomic mass is 16.5. The van der Waals surface area contributed by atoms with E-state index in [-0.39, 0.29) is 31.0 Å². The summed E-state index contributed by atoms with van der Waals surface area (Å²) in [5.74, 6) is -0.526. The number of hydrogen-bond acceptors (Lipinski definition) is 4. The van der Waals surface area contributed by atoms with Crippen LogP contribution in [-0.4, -0.2) is 49.0 Å². The normalized spacial score (nSPS) is 18.4. The Bertz CT molecular complexity index is 576. The number of hydrogen-bond donors (Lipinski definition) is 2. The zero-order chi connectivity index (χ0) is 16.8. The first-order valence-corrected chi connectivity index (χ1v) is 7.47. The van der Waals surface area contributed by atoms with E-state index < -0.39 is 12.0 Å². The lowest BCUT2D eigenvalue weighted by molar-refractivity contribution is -0.139. The zero-order valence-electron chi connectivity index (χ0n) is 13.2. The van der Waals surface area contributed by atoms with Gasteiger partial charge in [0.25, 0.3) is 0 Å². The molecule has 0 bridgehead atoms. The molecular formula is C16H21N3O4. The third-order valence-electron chi connectivity index (χ3n) is 3.86. The van der Waals surface area contributed by atoms with E-state index in [1.165, 1.54) is 7.11 Å². The number of ether oxygens (including phenoxy) is 1. The number of benzene rings is 1. The fourth-order valence-corrected chi connectivity index (χ4v) is 2.58. The van der Waals surface area contributed by atoms with E-state index in [1.54, 1.807) is 4.90 Å². The molecule has 0 aliphatic carbocycles. The smallest absolute Gasteiger partial charge is 0.325 e. The van der Waals surface area contributed by atoms with Crippen molar-refractivity contribution in [2.24, 2.45) is 0 Å². The van der Waals surface area contributed by atoms with Crippen LogP contribution in [0.25, 0.3) is 0 Å². The predicted octanol–water partition coefficient (Wildman–Crippen LogP) is 0.821. The van der Waals surface area contributed by atoms with E-state index in [0.29, 0.717) is 6.54 Å². The highest BCUT2D eigenvalue weighted by molar-refractivity contribution is 5.83. The SMILES string of the molecule is COC(=O)CNC(=O)NC1CC(=O)N(C(C)c2ccccc2)C1. The van der Waals surface area contributed by atoms with Gasteiger partial charge in [0.1, 0.15) is 6.54 Å². The van der Waals surface area contributed by atoms with Crippen LogP contribution in [0.15, 0.2) is 30.3 Å². The van der Waals surface area contributed by atoms with Crippen molar-refractivity contribution in [1.29, 1.82) is 0 Å². The summed E-state index contributed by atoms with van der Waals surface area (Å²) in [6.07, 6.45) is 0.253. The monoisotopic (exact) mass is 319 g/mol. The molecule has 0 spiro atoms. The molecule has 7 heteroatoms. The van der Waals surface area contributed by atoms with Crippen molar-refractivity contribution in [3.63, 3.8) is 0 Å². The summed E-state index contributed by atoms with van der Waals surface area (Å²) in [7, 11) is 1.25. The molecule has 2 rings (SSSR count). The molecule has 23 heavy (non-hydrogen) atoms. The molecule has 0 aromatic heterocycles. The van der Waals surface area contributed by atoms with Crippen LogP contribution in [0.4, 0.5) is 4.79 Å². The lowest BCUT2D eigenvalue weighted by atomic mass is 10.1. The second kappa shape index (κ2) is 7.62. The summed E-state index contributed by atoms with van der Waals surface area (Å²) in [6.45, 7) is 2.21. The molecule has 2 atom stereocenters. The summed E-state index contributed by atoms with van der Waals surface area (Å²) in [5.41, 5.74) is 1.05. The molecule has 1 aliphatic rings. The molecule has 1 fully saturated rings. The molecule has 0 saturated carbocycles. The molecule has 2 unspecified atom stereocenters. The maximum Gasteiger partial charge on any atom is 0.325 e. The molecule has 1 aromatic rings. The maximum absolute atomic E-state index is 12.2. The van der Waals surface area contributed by atoms with Crippen molar-refractivity contribution in [2.75, 3.05) is 20.2 Å². The van der Waals surface area contributed by atoms with Crippen LogP contribution < -0.4 is 10.6 Å². The number of esters is 1. The number of amides is 3. The van der Waals surface area contributed by atoms with E-state index in [0.717, 1.165) is 5.56 Å². The average molecular weight is 319 g/mol. The number of methoxy groups -OCH3 is 1. The Morgan fingerprint density at radius 3 is 2.70 bits per heavy atom. The van der Waals surface area contributed by atoms with Crippen molar-refractivity contribution < 1.29 is 19.1 Å².